The van der Waals surface area contributed by atoms with Crippen molar-refractivity contribution in [3.8, 4) is 0 Å². The van der Waals surface area contributed by atoms with Crippen LogP contribution in [0.3, 0.4) is 0 Å². The van der Waals surface area contributed by atoms with E-state index in [9.17, 15) is 9.59 Å². The molecule has 0 fully saturated rings. The fourth-order valence-electron chi connectivity index (χ4n) is 2.80. The molecule has 0 aliphatic rings. The molecule has 0 bridgehead atoms. The first-order valence-electron chi connectivity index (χ1n) is 9.48. The molecular formula is C23H20Cl3N3O2. The summed E-state index contributed by atoms with van der Waals surface area (Å²) in [6.45, 7) is 2.52. The third-order valence-corrected chi connectivity index (χ3v) is 5.54. The smallest absolute Gasteiger partial charge is 0.323 e. The third-order valence-electron chi connectivity index (χ3n) is 4.47. The summed E-state index contributed by atoms with van der Waals surface area (Å²) in [6.07, 6.45) is 0.719. The maximum atomic E-state index is 12.5. The van der Waals surface area contributed by atoms with Gasteiger partial charge in [-0.25, -0.2) is 4.79 Å². The molecule has 3 aromatic rings. The number of anilines is 2. The molecule has 0 heterocycles. The zero-order valence-corrected chi connectivity index (χ0v) is 18.9. The van der Waals surface area contributed by atoms with Gasteiger partial charge in [0.2, 0.25) is 0 Å². The Hall–Kier alpha value is -2.73. The minimum Gasteiger partial charge on any atom is -0.352 e. The summed E-state index contributed by atoms with van der Waals surface area (Å²) in [5.74, 6) is -0.253. The number of carbonyl (C=O) groups is 2. The van der Waals surface area contributed by atoms with Gasteiger partial charge in [0, 0.05) is 17.8 Å². The Morgan fingerprint density at radius 1 is 0.806 bits per heavy atom. The highest BCUT2D eigenvalue weighted by Gasteiger charge is 2.12. The first-order chi connectivity index (χ1) is 14.8. The molecule has 3 rings (SSSR count). The number of rotatable bonds is 6. The number of hydrogen-bond acceptors (Lipinski definition) is 2. The van der Waals surface area contributed by atoms with E-state index >= 15 is 0 Å². The van der Waals surface area contributed by atoms with Crippen LogP contribution in [-0.4, -0.2) is 18.5 Å². The van der Waals surface area contributed by atoms with Crippen molar-refractivity contribution in [1.29, 1.82) is 0 Å². The molecule has 3 amide bonds. The van der Waals surface area contributed by atoms with E-state index in [0.717, 1.165) is 12.0 Å². The molecule has 0 saturated carbocycles. The normalized spacial score (nSPS) is 10.5. The van der Waals surface area contributed by atoms with Crippen LogP contribution in [0.4, 0.5) is 16.2 Å². The monoisotopic (exact) mass is 475 g/mol. The summed E-state index contributed by atoms with van der Waals surface area (Å²) >= 11 is 18.0. The van der Waals surface area contributed by atoms with Crippen LogP contribution in [0.5, 0.6) is 0 Å². The van der Waals surface area contributed by atoms with Gasteiger partial charge in [0.25, 0.3) is 5.91 Å². The summed E-state index contributed by atoms with van der Waals surface area (Å²) in [6, 6.07) is 17.0. The van der Waals surface area contributed by atoms with E-state index in [2.05, 4.69) is 16.0 Å². The van der Waals surface area contributed by atoms with E-state index in [0.29, 0.717) is 38.6 Å². The van der Waals surface area contributed by atoms with Crippen molar-refractivity contribution in [2.24, 2.45) is 0 Å². The van der Waals surface area contributed by atoms with Crippen molar-refractivity contribution in [3.63, 3.8) is 0 Å². The van der Waals surface area contributed by atoms with Gasteiger partial charge in [0.1, 0.15) is 0 Å². The molecule has 3 aromatic carbocycles. The van der Waals surface area contributed by atoms with Gasteiger partial charge >= 0.3 is 6.03 Å². The molecule has 31 heavy (non-hydrogen) atoms. The molecule has 0 unspecified atom stereocenters. The van der Waals surface area contributed by atoms with Crippen LogP contribution >= 0.6 is 34.8 Å². The van der Waals surface area contributed by atoms with Gasteiger partial charge in [0.05, 0.1) is 20.8 Å². The second-order valence-corrected chi connectivity index (χ2v) is 8.12. The summed E-state index contributed by atoms with van der Waals surface area (Å²) < 4.78 is 0. The molecular weight excluding hydrogens is 457 g/mol. The lowest BCUT2D eigenvalue weighted by atomic mass is 10.1. The summed E-state index contributed by atoms with van der Waals surface area (Å²) in [5, 5.41) is 9.16. The first-order valence-corrected chi connectivity index (χ1v) is 10.6. The number of hydrogen-bond donors (Lipinski definition) is 3. The number of carbonyl (C=O) groups excluding carboxylic acids is 2. The van der Waals surface area contributed by atoms with E-state index in [-0.39, 0.29) is 5.91 Å². The van der Waals surface area contributed by atoms with Gasteiger partial charge in [-0.15, -0.1) is 0 Å². The zero-order valence-electron chi connectivity index (χ0n) is 16.6. The Morgan fingerprint density at radius 3 is 2.23 bits per heavy atom. The topological polar surface area (TPSA) is 70.2 Å². The highest BCUT2D eigenvalue weighted by molar-refractivity contribution is 6.42. The van der Waals surface area contributed by atoms with Crippen molar-refractivity contribution < 1.29 is 9.59 Å². The predicted octanol–water partition coefficient (Wildman–Crippen LogP) is 6.57. The number of amides is 3. The Kier molecular flexibility index (Phi) is 7.80. The van der Waals surface area contributed by atoms with Crippen LogP contribution in [0, 0.1) is 6.92 Å². The average Bonchev–Trinajstić information content (AvgIpc) is 2.73. The van der Waals surface area contributed by atoms with Crippen LogP contribution in [-0.2, 0) is 6.42 Å². The number of benzene rings is 3. The van der Waals surface area contributed by atoms with Crippen LogP contribution < -0.4 is 16.0 Å². The summed E-state index contributed by atoms with van der Waals surface area (Å²) in [5.41, 5.74) is 3.50. The van der Waals surface area contributed by atoms with Crippen molar-refractivity contribution in [2.75, 3.05) is 17.2 Å². The van der Waals surface area contributed by atoms with Gasteiger partial charge in [-0.05, 0) is 55.3 Å². The maximum Gasteiger partial charge on any atom is 0.323 e. The second-order valence-electron chi connectivity index (χ2n) is 6.89. The lowest BCUT2D eigenvalue weighted by molar-refractivity contribution is 0.0954. The fourth-order valence-corrected chi connectivity index (χ4v) is 3.26. The lowest BCUT2D eigenvalue weighted by Crippen LogP contribution is -2.26. The molecule has 160 valence electrons. The van der Waals surface area contributed by atoms with Gasteiger partial charge in [-0.3, -0.25) is 4.79 Å². The third kappa shape index (κ3) is 6.62. The minimum absolute atomic E-state index is 0.253. The minimum atomic E-state index is -0.530. The van der Waals surface area contributed by atoms with Crippen LogP contribution in [0.2, 0.25) is 15.1 Å². The summed E-state index contributed by atoms with van der Waals surface area (Å²) in [7, 11) is 0. The Morgan fingerprint density at radius 2 is 1.52 bits per heavy atom. The molecule has 8 heteroatoms. The average molecular weight is 477 g/mol. The molecule has 0 aromatic heterocycles. The largest absolute Gasteiger partial charge is 0.352 e. The van der Waals surface area contributed by atoms with Gasteiger partial charge in [-0.2, -0.15) is 0 Å². The highest BCUT2D eigenvalue weighted by Crippen LogP contribution is 2.26. The van der Waals surface area contributed by atoms with E-state index in [1.54, 1.807) is 24.3 Å². The van der Waals surface area contributed by atoms with E-state index < -0.39 is 6.03 Å². The van der Waals surface area contributed by atoms with E-state index in [1.807, 2.05) is 31.2 Å². The molecule has 0 aliphatic heterocycles. The van der Waals surface area contributed by atoms with Crippen molar-refractivity contribution in [2.45, 2.75) is 13.3 Å². The quantitative estimate of drug-likeness (QED) is 0.376. The van der Waals surface area contributed by atoms with E-state index in [1.165, 1.54) is 17.7 Å². The molecule has 0 spiro atoms. The fraction of sp³-hybridized carbons (Fsp3) is 0.130. The maximum absolute atomic E-state index is 12.5. The molecule has 5 nitrogen and oxygen atoms in total. The second kappa shape index (κ2) is 10.5. The SMILES string of the molecule is Cc1ccc(CCNC(=O)c2ccc(Cl)c(NC(=O)Nc3ccc(Cl)c(Cl)c3)c2)cc1. The lowest BCUT2D eigenvalue weighted by Gasteiger charge is -2.12. The molecule has 0 radical (unpaired) electrons. The molecule has 3 N–H and O–H groups in total. The number of nitrogens with one attached hydrogen (secondary N) is 3. The van der Waals surface area contributed by atoms with E-state index in [4.69, 9.17) is 34.8 Å². The molecule has 0 atom stereocenters. The number of halogens is 3. The Bertz CT molecular complexity index is 1100. The van der Waals surface area contributed by atoms with Gasteiger partial charge in [-0.1, -0.05) is 64.6 Å². The first kappa shape index (κ1) is 22.9. The summed E-state index contributed by atoms with van der Waals surface area (Å²) in [4.78, 5) is 24.8. The van der Waals surface area contributed by atoms with Crippen molar-refractivity contribution in [3.05, 3.63) is 92.4 Å². The van der Waals surface area contributed by atoms with Gasteiger partial charge < -0.3 is 16.0 Å². The van der Waals surface area contributed by atoms with Gasteiger partial charge in [0.15, 0.2) is 0 Å². The van der Waals surface area contributed by atoms with Crippen LogP contribution in [0.15, 0.2) is 60.7 Å². The highest BCUT2D eigenvalue weighted by atomic mass is 35.5. The number of urea groups is 1. The molecule has 0 aliphatic carbocycles. The predicted molar refractivity (Wildman–Crippen MR) is 128 cm³/mol. The van der Waals surface area contributed by atoms with Crippen molar-refractivity contribution >= 4 is 58.1 Å². The Balaban J connectivity index is 1.59. The zero-order chi connectivity index (χ0) is 22.4. The van der Waals surface area contributed by atoms with Crippen LogP contribution in [0.1, 0.15) is 21.5 Å². The number of aryl methyl sites for hydroxylation is 1. The Labute approximate surface area is 195 Å². The molecule has 0 saturated heterocycles. The van der Waals surface area contributed by atoms with Crippen molar-refractivity contribution in [1.82, 2.24) is 5.32 Å². The standard InChI is InChI=1S/C23H20Cl3N3O2/c1-14-2-4-15(5-3-14)10-11-27-22(30)16-6-8-19(25)21(12-16)29-23(31)28-17-7-9-18(24)20(26)13-17/h2-9,12-13H,10-11H2,1H3,(H,27,30)(H2,28,29,31). The van der Waals surface area contributed by atoms with Crippen LogP contribution in [0.25, 0.3) is 0 Å².